The van der Waals surface area contributed by atoms with E-state index in [4.69, 9.17) is 9.51 Å². The zero-order chi connectivity index (χ0) is 18.5. The van der Waals surface area contributed by atoms with Gasteiger partial charge in [0.1, 0.15) is 4.83 Å². The van der Waals surface area contributed by atoms with Gasteiger partial charge in [-0.1, -0.05) is 23.8 Å². The Kier molecular flexibility index (Phi) is 4.35. The van der Waals surface area contributed by atoms with E-state index in [9.17, 15) is 4.79 Å². The van der Waals surface area contributed by atoms with Gasteiger partial charge in [-0.2, -0.15) is 4.98 Å². The molecule has 3 heterocycles. The maximum atomic E-state index is 13.2. The van der Waals surface area contributed by atoms with E-state index in [2.05, 4.69) is 17.1 Å². The van der Waals surface area contributed by atoms with Crippen LogP contribution in [0.4, 0.5) is 0 Å². The summed E-state index contributed by atoms with van der Waals surface area (Å²) in [5.41, 5.74) is 1.35. The Balaban J connectivity index is 1.48. The van der Waals surface area contributed by atoms with Gasteiger partial charge in [0.25, 0.3) is 5.56 Å². The van der Waals surface area contributed by atoms with Crippen LogP contribution in [0.5, 0.6) is 0 Å². The predicted molar refractivity (Wildman–Crippen MR) is 107 cm³/mol. The van der Waals surface area contributed by atoms with Crippen LogP contribution in [0.25, 0.3) is 10.2 Å². The van der Waals surface area contributed by atoms with Gasteiger partial charge in [0.05, 0.1) is 11.1 Å². The molecule has 0 bridgehead atoms. The molecule has 3 aromatic rings. The number of fused-ring (bicyclic) bond motifs is 3. The van der Waals surface area contributed by atoms with E-state index < -0.39 is 0 Å². The van der Waals surface area contributed by atoms with E-state index in [-0.39, 0.29) is 5.56 Å². The Morgan fingerprint density at radius 1 is 1.30 bits per heavy atom. The van der Waals surface area contributed by atoms with Crippen molar-refractivity contribution in [3.8, 4) is 0 Å². The molecular weight excluding hydrogens is 380 g/mol. The molecule has 0 amide bonds. The second-order valence-electron chi connectivity index (χ2n) is 7.59. The van der Waals surface area contributed by atoms with Crippen molar-refractivity contribution in [3.63, 3.8) is 0 Å². The van der Waals surface area contributed by atoms with Crippen LogP contribution in [0, 0.1) is 5.92 Å². The normalized spacial score (nSPS) is 19.6. The van der Waals surface area contributed by atoms with Crippen LogP contribution in [0.3, 0.4) is 0 Å². The third-order valence-corrected chi connectivity index (χ3v) is 7.56. The SMILES string of the molecule is CCn1c(SCc2noc(C3CC3)n2)nc2sc3c(c2c1=O)CCC(C)C3. The van der Waals surface area contributed by atoms with Crippen LogP contribution in [-0.2, 0) is 25.1 Å². The Hall–Kier alpha value is -1.67. The lowest BCUT2D eigenvalue weighted by Gasteiger charge is -2.17. The van der Waals surface area contributed by atoms with Crippen LogP contribution in [0.2, 0.25) is 0 Å². The highest BCUT2D eigenvalue weighted by Gasteiger charge is 2.30. The smallest absolute Gasteiger partial charge is 0.263 e. The van der Waals surface area contributed by atoms with Crippen LogP contribution < -0.4 is 5.56 Å². The van der Waals surface area contributed by atoms with E-state index in [1.807, 2.05) is 6.92 Å². The number of hydrogen-bond acceptors (Lipinski definition) is 7. The maximum absolute atomic E-state index is 13.2. The highest BCUT2D eigenvalue weighted by Crippen LogP contribution is 2.39. The second kappa shape index (κ2) is 6.74. The largest absolute Gasteiger partial charge is 0.339 e. The average Bonchev–Trinajstić information content (AvgIpc) is 3.28. The van der Waals surface area contributed by atoms with E-state index in [0.29, 0.717) is 30.0 Å². The zero-order valence-corrected chi connectivity index (χ0v) is 17.2. The van der Waals surface area contributed by atoms with Gasteiger partial charge in [-0.05, 0) is 50.5 Å². The lowest BCUT2D eigenvalue weighted by molar-refractivity contribution is 0.375. The molecule has 1 saturated carbocycles. The van der Waals surface area contributed by atoms with Crippen LogP contribution in [0.1, 0.15) is 61.2 Å². The molecule has 0 saturated heterocycles. The average molecular weight is 403 g/mol. The van der Waals surface area contributed by atoms with Crippen LogP contribution in [0.15, 0.2) is 14.5 Å². The molecule has 2 aliphatic carbocycles. The van der Waals surface area contributed by atoms with Crippen molar-refractivity contribution in [1.82, 2.24) is 19.7 Å². The molecule has 5 rings (SSSR count). The minimum Gasteiger partial charge on any atom is -0.339 e. The monoisotopic (exact) mass is 402 g/mol. The summed E-state index contributed by atoms with van der Waals surface area (Å²) >= 11 is 3.22. The fourth-order valence-corrected chi connectivity index (χ4v) is 6.08. The minimum atomic E-state index is 0.101. The van der Waals surface area contributed by atoms with Crippen LogP contribution in [-0.4, -0.2) is 19.7 Å². The molecule has 2 aliphatic rings. The van der Waals surface area contributed by atoms with Crippen molar-refractivity contribution in [3.05, 3.63) is 32.5 Å². The number of thiophene rings is 1. The van der Waals surface area contributed by atoms with Gasteiger partial charge in [-0.25, -0.2) is 4.98 Å². The molecular formula is C19H22N4O2S2. The summed E-state index contributed by atoms with van der Waals surface area (Å²) in [4.78, 5) is 24.8. The van der Waals surface area contributed by atoms with E-state index >= 15 is 0 Å². The maximum Gasteiger partial charge on any atom is 0.263 e. The molecule has 0 radical (unpaired) electrons. The summed E-state index contributed by atoms with van der Waals surface area (Å²) in [6.45, 7) is 4.90. The van der Waals surface area contributed by atoms with Crippen molar-refractivity contribution < 1.29 is 4.52 Å². The lowest BCUT2D eigenvalue weighted by atomic mass is 9.89. The molecule has 1 atom stereocenters. The standard InChI is InChI=1S/C19H22N4O2S2/c1-3-23-18(24)15-12-7-4-10(2)8-13(12)27-17(15)21-19(23)26-9-14-20-16(25-22-14)11-5-6-11/h10-11H,3-9H2,1-2H3. The van der Waals surface area contributed by atoms with Crippen LogP contribution >= 0.6 is 23.1 Å². The first-order valence-corrected chi connectivity index (χ1v) is 11.4. The van der Waals surface area contributed by atoms with Crippen molar-refractivity contribution in [2.75, 3.05) is 0 Å². The number of thioether (sulfide) groups is 1. The van der Waals surface area contributed by atoms with Crippen molar-refractivity contribution in [2.45, 2.75) is 69.3 Å². The molecule has 1 fully saturated rings. The summed E-state index contributed by atoms with van der Waals surface area (Å²) in [5, 5.41) is 5.67. The highest BCUT2D eigenvalue weighted by molar-refractivity contribution is 7.98. The third kappa shape index (κ3) is 3.12. The van der Waals surface area contributed by atoms with Gasteiger partial charge < -0.3 is 4.52 Å². The minimum absolute atomic E-state index is 0.101. The van der Waals surface area contributed by atoms with Crippen molar-refractivity contribution >= 4 is 33.3 Å². The first kappa shape index (κ1) is 17.4. The van der Waals surface area contributed by atoms with E-state index in [1.54, 1.807) is 15.9 Å². The fourth-order valence-electron chi connectivity index (χ4n) is 3.75. The molecule has 0 aliphatic heterocycles. The first-order chi connectivity index (χ1) is 13.1. The van der Waals surface area contributed by atoms with Crippen molar-refractivity contribution in [2.24, 2.45) is 5.92 Å². The summed E-state index contributed by atoms with van der Waals surface area (Å²) in [6, 6.07) is 0. The number of hydrogen-bond donors (Lipinski definition) is 0. The molecule has 1 unspecified atom stereocenters. The van der Waals surface area contributed by atoms with Crippen molar-refractivity contribution in [1.29, 1.82) is 0 Å². The predicted octanol–water partition coefficient (Wildman–Crippen LogP) is 4.16. The summed E-state index contributed by atoms with van der Waals surface area (Å²) in [5.74, 6) is 3.14. The molecule has 8 heteroatoms. The summed E-state index contributed by atoms with van der Waals surface area (Å²) < 4.78 is 7.12. The number of nitrogens with zero attached hydrogens (tertiary/aromatic N) is 4. The molecule has 3 aromatic heterocycles. The summed E-state index contributed by atoms with van der Waals surface area (Å²) in [6.07, 6.45) is 5.50. The van der Waals surface area contributed by atoms with Gasteiger partial charge in [0.2, 0.25) is 5.89 Å². The molecule has 0 N–H and O–H groups in total. The zero-order valence-electron chi connectivity index (χ0n) is 15.5. The van der Waals surface area contributed by atoms with Gasteiger partial charge in [-0.15, -0.1) is 11.3 Å². The fraction of sp³-hybridized carbons (Fsp3) is 0.579. The Morgan fingerprint density at radius 3 is 2.93 bits per heavy atom. The lowest BCUT2D eigenvalue weighted by Crippen LogP contribution is -2.23. The highest BCUT2D eigenvalue weighted by atomic mass is 32.2. The Bertz CT molecular complexity index is 1060. The number of aryl methyl sites for hydroxylation is 1. The second-order valence-corrected chi connectivity index (χ2v) is 9.61. The third-order valence-electron chi connectivity index (χ3n) is 5.44. The molecule has 27 heavy (non-hydrogen) atoms. The van der Waals surface area contributed by atoms with Gasteiger partial charge in [-0.3, -0.25) is 9.36 Å². The Labute approximate surface area is 165 Å². The molecule has 0 spiro atoms. The van der Waals surface area contributed by atoms with Gasteiger partial charge in [0, 0.05) is 17.3 Å². The quantitative estimate of drug-likeness (QED) is 0.471. The molecule has 0 aromatic carbocycles. The summed E-state index contributed by atoms with van der Waals surface area (Å²) in [7, 11) is 0. The topological polar surface area (TPSA) is 73.8 Å². The number of aromatic nitrogens is 4. The number of rotatable bonds is 5. The van der Waals surface area contributed by atoms with Gasteiger partial charge in [0.15, 0.2) is 11.0 Å². The van der Waals surface area contributed by atoms with E-state index in [1.165, 1.54) is 22.2 Å². The molecule has 142 valence electrons. The first-order valence-electron chi connectivity index (χ1n) is 9.64. The Morgan fingerprint density at radius 2 is 2.15 bits per heavy atom. The molecule has 6 nitrogen and oxygen atoms in total. The van der Waals surface area contributed by atoms with E-state index in [0.717, 1.165) is 53.4 Å². The van der Waals surface area contributed by atoms with Gasteiger partial charge >= 0.3 is 0 Å².